The molecule has 108 valence electrons. The molecule has 1 aliphatic carbocycles. The number of aryl methyl sites for hydroxylation is 1. The molecule has 2 aromatic carbocycles. The zero-order chi connectivity index (χ0) is 14.8. The second-order valence-corrected chi connectivity index (χ2v) is 6.50. The molecule has 21 heavy (non-hydrogen) atoms. The Morgan fingerprint density at radius 2 is 1.95 bits per heavy atom. The van der Waals surface area contributed by atoms with Crippen LogP contribution in [0.25, 0.3) is 0 Å². The van der Waals surface area contributed by atoms with Gasteiger partial charge in [-0.25, -0.2) is 4.39 Å². The van der Waals surface area contributed by atoms with Gasteiger partial charge in [-0.05, 0) is 48.1 Å². The topological polar surface area (TPSA) is 17.1 Å². The zero-order valence-electron chi connectivity index (χ0n) is 11.6. The van der Waals surface area contributed by atoms with Gasteiger partial charge in [0.2, 0.25) is 0 Å². The van der Waals surface area contributed by atoms with E-state index in [0.29, 0.717) is 10.0 Å². The van der Waals surface area contributed by atoms with Gasteiger partial charge in [0.1, 0.15) is 11.6 Å². The Hall–Kier alpha value is -1.48. The molecule has 0 bridgehead atoms. The summed E-state index contributed by atoms with van der Waals surface area (Å²) in [7, 11) is 0. The molecule has 0 aliphatic heterocycles. The van der Waals surface area contributed by atoms with Crippen molar-refractivity contribution in [3.05, 3.63) is 69.4 Å². The fourth-order valence-electron chi connectivity index (χ4n) is 2.97. The molecule has 1 unspecified atom stereocenters. The average Bonchev–Trinajstić information content (AvgIpc) is 2.49. The number of rotatable bonds is 3. The summed E-state index contributed by atoms with van der Waals surface area (Å²) in [4.78, 5) is 12.4. The van der Waals surface area contributed by atoms with Gasteiger partial charge in [-0.15, -0.1) is 0 Å². The molecule has 0 saturated carbocycles. The Labute approximate surface area is 132 Å². The van der Waals surface area contributed by atoms with E-state index in [1.54, 1.807) is 12.1 Å². The minimum absolute atomic E-state index is 0.0166. The lowest BCUT2D eigenvalue weighted by Crippen LogP contribution is -2.24. The van der Waals surface area contributed by atoms with Crippen LogP contribution in [0.15, 0.2) is 46.9 Å². The molecule has 0 heterocycles. The average molecular weight is 347 g/mol. The minimum Gasteiger partial charge on any atom is -0.299 e. The maximum atomic E-state index is 13.8. The molecule has 0 radical (unpaired) electrons. The third-order valence-electron chi connectivity index (χ3n) is 4.18. The van der Waals surface area contributed by atoms with E-state index < -0.39 is 0 Å². The summed E-state index contributed by atoms with van der Waals surface area (Å²) in [6.45, 7) is 0. The monoisotopic (exact) mass is 346 g/mol. The molecule has 0 amide bonds. The first-order valence-corrected chi connectivity index (χ1v) is 7.96. The van der Waals surface area contributed by atoms with Crippen LogP contribution in [0.4, 0.5) is 4.39 Å². The highest BCUT2D eigenvalue weighted by Crippen LogP contribution is 2.27. The van der Waals surface area contributed by atoms with Crippen LogP contribution in [-0.2, 0) is 24.1 Å². The number of halogens is 2. The van der Waals surface area contributed by atoms with Crippen LogP contribution in [0.3, 0.4) is 0 Å². The summed E-state index contributed by atoms with van der Waals surface area (Å²) in [5.41, 5.74) is 3.09. The van der Waals surface area contributed by atoms with Crippen LogP contribution < -0.4 is 0 Å². The van der Waals surface area contributed by atoms with E-state index in [-0.39, 0.29) is 23.9 Å². The van der Waals surface area contributed by atoms with Gasteiger partial charge in [0.15, 0.2) is 0 Å². The van der Waals surface area contributed by atoms with Gasteiger partial charge in [0.25, 0.3) is 0 Å². The van der Waals surface area contributed by atoms with Gasteiger partial charge in [0.05, 0.1) is 0 Å². The number of Topliss-reactive ketones (excluding diaryl/α,β-unsaturated/α-hetero) is 1. The van der Waals surface area contributed by atoms with Crippen molar-refractivity contribution in [1.82, 2.24) is 0 Å². The van der Waals surface area contributed by atoms with Crippen LogP contribution in [0.1, 0.15) is 23.1 Å². The summed E-state index contributed by atoms with van der Waals surface area (Å²) in [5, 5.41) is 0. The fraction of sp³-hybridized carbons (Fsp3) is 0.278. The standard InChI is InChI=1S/C18H16BrFO/c19-16-8-7-14(17(20)11-16)10-18(21)15-6-5-12-3-1-2-4-13(12)9-15/h1-4,7-8,11,15H,5-6,9-10H2. The summed E-state index contributed by atoms with van der Waals surface area (Å²) >= 11 is 3.23. The van der Waals surface area contributed by atoms with Gasteiger partial charge in [-0.3, -0.25) is 4.79 Å². The van der Waals surface area contributed by atoms with Gasteiger partial charge < -0.3 is 0 Å². The number of carbonyl (C=O) groups is 1. The maximum absolute atomic E-state index is 13.8. The van der Waals surface area contributed by atoms with Gasteiger partial charge >= 0.3 is 0 Å². The van der Waals surface area contributed by atoms with E-state index in [0.717, 1.165) is 19.3 Å². The van der Waals surface area contributed by atoms with Crippen molar-refractivity contribution in [1.29, 1.82) is 0 Å². The van der Waals surface area contributed by atoms with Crippen molar-refractivity contribution in [3.8, 4) is 0 Å². The summed E-state index contributed by atoms with van der Waals surface area (Å²) in [5.74, 6) is -0.150. The summed E-state index contributed by atoms with van der Waals surface area (Å²) < 4.78 is 14.5. The Kier molecular flexibility index (Phi) is 4.20. The molecule has 0 spiro atoms. The highest BCUT2D eigenvalue weighted by atomic mass is 79.9. The molecule has 1 nitrogen and oxygen atoms in total. The van der Waals surface area contributed by atoms with Crippen LogP contribution in [0.5, 0.6) is 0 Å². The third kappa shape index (κ3) is 3.24. The highest BCUT2D eigenvalue weighted by Gasteiger charge is 2.24. The predicted molar refractivity (Wildman–Crippen MR) is 84.8 cm³/mol. The molecule has 0 fully saturated rings. The van der Waals surface area contributed by atoms with Crippen LogP contribution >= 0.6 is 15.9 Å². The Bertz CT molecular complexity index is 681. The molecule has 0 saturated heterocycles. The van der Waals surface area contributed by atoms with E-state index in [9.17, 15) is 9.18 Å². The van der Waals surface area contributed by atoms with E-state index in [2.05, 4.69) is 28.1 Å². The fourth-order valence-corrected chi connectivity index (χ4v) is 3.30. The van der Waals surface area contributed by atoms with Crippen molar-refractivity contribution in [3.63, 3.8) is 0 Å². The second kappa shape index (κ2) is 6.10. The molecule has 3 heteroatoms. The van der Waals surface area contributed by atoms with Crippen LogP contribution in [0.2, 0.25) is 0 Å². The van der Waals surface area contributed by atoms with Gasteiger partial charge in [0, 0.05) is 16.8 Å². The number of hydrogen-bond donors (Lipinski definition) is 0. The zero-order valence-corrected chi connectivity index (χ0v) is 13.2. The number of benzene rings is 2. The van der Waals surface area contributed by atoms with Crippen molar-refractivity contribution in [2.75, 3.05) is 0 Å². The quantitative estimate of drug-likeness (QED) is 0.799. The number of ketones is 1. The predicted octanol–water partition coefficient (Wildman–Crippen LogP) is 4.50. The van der Waals surface area contributed by atoms with Crippen molar-refractivity contribution in [2.24, 2.45) is 5.92 Å². The lowest BCUT2D eigenvalue weighted by Gasteiger charge is -2.23. The molecule has 2 aromatic rings. The third-order valence-corrected chi connectivity index (χ3v) is 4.68. The summed E-state index contributed by atoms with van der Waals surface area (Å²) in [6.07, 6.45) is 2.78. The van der Waals surface area contributed by atoms with Crippen LogP contribution in [-0.4, -0.2) is 5.78 Å². The number of carbonyl (C=O) groups excluding carboxylic acids is 1. The lowest BCUT2D eigenvalue weighted by molar-refractivity contribution is -0.122. The Morgan fingerprint density at radius 3 is 2.71 bits per heavy atom. The normalized spacial score (nSPS) is 17.3. The van der Waals surface area contributed by atoms with Crippen molar-refractivity contribution >= 4 is 21.7 Å². The second-order valence-electron chi connectivity index (χ2n) is 5.59. The van der Waals surface area contributed by atoms with E-state index >= 15 is 0 Å². The first kappa shape index (κ1) is 14.5. The SMILES string of the molecule is O=C(Cc1ccc(Br)cc1F)C1CCc2ccccc2C1. The maximum Gasteiger partial charge on any atom is 0.140 e. The van der Waals surface area contributed by atoms with Gasteiger partial charge in [-0.2, -0.15) is 0 Å². The molecule has 1 aliphatic rings. The smallest absolute Gasteiger partial charge is 0.140 e. The van der Waals surface area contributed by atoms with Crippen LogP contribution in [0, 0.1) is 11.7 Å². The molecule has 0 aromatic heterocycles. The summed E-state index contributed by atoms with van der Waals surface area (Å²) in [6, 6.07) is 13.2. The van der Waals surface area contributed by atoms with Crippen molar-refractivity contribution < 1.29 is 9.18 Å². The largest absolute Gasteiger partial charge is 0.299 e. The Morgan fingerprint density at radius 1 is 1.19 bits per heavy atom. The molecule has 3 rings (SSSR count). The minimum atomic E-state index is -0.311. The molecule has 1 atom stereocenters. The molecule has 0 N–H and O–H groups in total. The number of hydrogen-bond acceptors (Lipinski definition) is 1. The van der Waals surface area contributed by atoms with E-state index in [4.69, 9.17) is 0 Å². The molecular weight excluding hydrogens is 331 g/mol. The highest BCUT2D eigenvalue weighted by molar-refractivity contribution is 9.10. The lowest BCUT2D eigenvalue weighted by atomic mass is 9.80. The first-order chi connectivity index (χ1) is 10.1. The Balaban J connectivity index is 1.72. The van der Waals surface area contributed by atoms with Gasteiger partial charge in [-0.1, -0.05) is 46.3 Å². The number of fused-ring (bicyclic) bond motifs is 1. The van der Waals surface area contributed by atoms with E-state index in [1.807, 2.05) is 12.1 Å². The first-order valence-electron chi connectivity index (χ1n) is 7.17. The van der Waals surface area contributed by atoms with Crippen molar-refractivity contribution in [2.45, 2.75) is 25.7 Å². The molecular formula is C18H16BrFO. The van der Waals surface area contributed by atoms with E-state index in [1.165, 1.54) is 17.2 Å².